The van der Waals surface area contributed by atoms with Crippen molar-refractivity contribution in [3.05, 3.63) is 63.6 Å². The van der Waals surface area contributed by atoms with E-state index in [2.05, 4.69) is 25.9 Å². The van der Waals surface area contributed by atoms with Crippen LogP contribution in [0.3, 0.4) is 0 Å². The highest BCUT2D eigenvalue weighted by atomic mass is 79.9. The number of hydrogen-bond acceptors (Lipinski definition) is 5. The minimum Gasteiger partial charge on any atom is -0.493 e. The maximum absolute atomic E-state index is 5.99. The van der Waals surface area contributed by atoms with Gasteiger partial charge in [-0.2, -0.15) is 0 Å². The number of allylic oxidation sites excluding steroid dienone is 1. The lowest BCUT2D eigenvalue weighted by atomic mass is 10.1. The van der Waals surface area contributed by atoms with E-state index >= 15 is 0 Å². The predicted octanol–water partition coefficient (Wildman–Crippen LogP) is 5.85. The van der Waals surface area contributed by atoms with E-state index in [1.165, 1.54) is 7.11 Å². The van der Waals surface area contributed by atoms with Crippen molar-refractivity contribution in [1.82, 2.24) is 0 Å². The van der Waals surface area contributed by atoms with Crippen molar-refractivity contribution in [2.45, 2.75) is 27.2 Å². The number of ether oxygens (including phenoxy) is 3. The summed E-state index contributed by atoms with van der Waals surface area (Å²) in [6.07, 6.45) is 6.37. The Bertz CT molecular complexity index is 826. The van der Waals surface area contributed by atoms with Crippen molar-refractivity contribution in [3.63, 3.8) is 0 Å². The first-order valence-electron chi connectivity index (χ1n) is 9.52. The minimum absolute atomic E-state index is 0.562. The molecule has 0 unspecified atom stereocenters. The molecule has 0 spiro atoms. The molecule has 0 aliphatic rings. The van der Waals surface area contributed by atoms with Crippen LogP contribution in [0.4, 0.5) is 0 Å². The zero-order chi connectivity index (χ0) is 21.1. The molecule has 5 nitrogen and oxygen atoms in total. The minimum atomic E-state index is 0.562. The quantitative estimate of drug-likeness (QED) is 0.182. The third kappa shape index (κ3) is 7.46. The van der Waals surface area contributed by atoms with Crippen molar-refractivity contribution in [1.29, 1.82) is 0 Å². The van der Waals surface area contributed by atoms with Gasteiger partial charge in [-0.25, -0.2) is 0 Å². The van der Waals surface area contributed by atoms with Crippen LogP contribution in [-0.2, 0) is 4.84 Å². The molecule has 0 aliphatic heterocycles. The molecular weight excluding hydrogens is 434 g/mol. The van der Waals surface area contributed by atoms with E-state index in [1.54, 1.807) is 6.21 Å². The molecule has 2 aromatic rings. The van der Waals surface area contributed by atoms with E-state index in [0.717, 1.165) is 44.8 Å². The van der Waals surface area contributed by atoms with Gasteiger partial charge in [0.1, 0.15) is 31.0 Å². The van der Waals surface area contributed by atoms with Crippen molar-refractivity contribution in [2.24, 2.45) is 5.16 Å². The van der Waals surface area contributed by atoms with Crippen LogP contribution in [0, 0.1) is 13.8 Å². The molecule has 156 valence electrons. The van der Waals surface area contributed by atoms with Crippen LogP contribution >= 0.6 is 15.9 Å². The van der Waals surface area contributed by atoms with Gasteiger partial charge in [-0.15, -0.1) is 0 Å². The first-order chi connectivity index (χ1) is 14.0. The maximum atomic E-state index is 5.99. The molecule has 0 aromatic heterocycles. The zero-order valence-electron chi connectivity index (χ0n) is 17.4. The van der Waals surface area contributed by atoms with E-state index in [-0.39, 0.29) is 0 Å². The Labute approximate surface area is 181 Å². The number of hydrogen-bond donors (Lipinski definition) is 0. The van der Waals surface area contributed by atoms with Gasteiger partial charge >= 0.3 is 0 Å². The highest BCUT2D eigenvalue weighted by Crippen LogP contribution is 2.29. The Balaban J connectivity index is 1.81. The Hall–Kier alpha value is -2.47. The summed E-state index contributed by atoms with van der Waals surface area (Å²) in [6, 6.07) is 9.78. The molecule has 29 heavy (non-hydrogen) atoms. The van der Waals surface area contributed by atoms with Crippen LogP contribution in [-0.4, -0.2) is 33.1 Å². The molecule has 0 fully saturated rings. The Morgan fingerprint density at radius 2 is 1.72 bits per heavy atom. The predicted molar refractivity (Wildman–Crippen MR) is 121 cm³/mol. The van der Waals surface area contributed by atoms with E-state index in [1.807, 2.05) is 63.3 Å². The van der Waals surface area contributed by atoms with Gasteiger partial charge in [-0.3, -0.25) is 0 Å². The molecule has 0 radical (unpaired) electrons. The summed E-state index contributed by atoms with van der Waals surface area (Å²) in [5.74, 6) is 2.55. The highest BCUT2D eigenvalue weighted by Gasteiger charge is 2.08. The fraction of sp³-hybridized carbons (Fsp3) is 0.348. The molecule has 0 amide bonds. The molecule has 0 saturated heterocycles. The molecule has 0 heterocycles. The second-order valence-corrected chi connectivity index (χ2v) is 7.28. The third-order valence-corrected chi connectivity index (χ3v) is 4.69. The molecule has 0 saturated carbocycles. The standard InChI is InChI=1S/C23H28BrNO4/c1-5-6-10-27-20-13-17(2)23(18(3)14-20)29-12-7-11-28-22-9-8-19(15-21(22)24)16-25-26-4/h5-6,8-9,13-16H,7,10-12H2,1-4H3/b6-5+,25-16?. The molecule has 0 bridgehead atoms. The second kappa shape index (κ2) is 12.2. The van der Waals surface area contributed by atoms with Crippen LogP contribution in [0.1, 0.15) is 30.0 Å². The summed E-state index contributed by atoms with van der Waals surface area (Å²) in [5.41, 5.74) is 3.06. The van der Waals surface area contributed by atoms with Crippen molar-refractivity contribution in [2.75, 3.05) is 26.9 Å². The first-order valence-corrected chi connectivity index (χ1v) is 10.3. The molecule has 2 aromatic carbocycles. The van der Waals surface area contributed by atoms with Crippen LogP contribution in [0.5, 0.6) is 17.2 Å². The SMILES string of the molecule is C/C=C/COc1cc(C)c(OCCCOc2ccc(C=NOC)cc2Br)c(C)c1. The van der Waals surface area contributed by atoms with Gasteiger partial charge in [-0.1, -0.05) is 17.3 Å². The van der Waals surface area contributed by atoms with Gasteiger partial charge in [0.05, 0.1) is 23.9 Å². The Morgan fingerprint density at radius 3 is 2.38 bits per heavy atom. The molecule has 0 N–H and O–H groups in total. The molecule has 6 heteroatoms. The number of halogens is 1. The van der Waals surface area contributed by atoms with E-state index in [4.69, 9.17) is 14.2 Å². The average Bonchev–Trinajstić information content (AvgIpc) is 2.69. The first kappa shape index (κ1) is 22.8. The van der Waals surface area contributed by atoms with Crippen LogP contribution in [0.25, 0.3) is 0 Å². The Kier molecular flexibility index (Phi) is 9.57. The molecule has 0 aliphatic carbocycles. The van der Waals surface area contributed by atoms with Crippen LogP contribution in [0.2, 0.25) is 0 Å². The lowest BCUT2D eigenvalue weighted by Crippen LogP contribution is -2.07. The Morgan fingerprint density at radius 1 is 1.00 bits per heavy atom. The summed E-state index contributed by atoms with van der Waals surface area (Å²) < 4.78 is 18.4. The monoisotopic (exact) mass is 461 g/mol. The summed E-state index contributed by atoms with van der Waals surface area (Å²) in [7, 11) is 1.52. The zero-order valence-corrected chi connectivity index (χ0v) is 19.0. The van der Waals surface area contributed by atoms with Crippen molar-refractivity contribution < 1.29 is 19.0 Å². The maximum Gasteiger partial charge on any atom is 0.133 e. The van der Waals surface area contributed by atoms with Crippen LogP contribution in [0.15, 0.2) is 52.1 Å². The third-order valence-electron chi connectivity index (χ3n) is 4.07. The van der Waals surface area contributed by atoms with E-state index < -0.39 is 0 Å². The highest BCUT2D eigenvalue weighted by molar-refractivity contribution is 9.10. The topological polar surface area (TPSA) is 49.3 Å². The van der Waals surface area contributed by atoms with Gasteiger partial charge in [-0.05, 0) is 83.7 Å². The number of aryl methyl sites for hydroxylation is 2. The smallest absolute Gasteiger partial charge is 0.133 e. The fourth-order valence-electron chi connectivity index (χ4n) is 2.71. The number of oxime groups is 1. The lowest BCUT2D eigenvalue weighted by Gasteiger charge is -2.15. The second-order valence-electron chi connectivity index (χ2n) is 6.42. The summed E-state index contributed by atoms with van der Waals surface area (Å²) >= 11 is 3.52. The number of rotatable bonds is 11. The molecule has 0 atom stereocenters. The van der Waals surface area contributed by atoms with Gasteiger partial charge in [0.25, 0.3) is 0 Å². The molecular formula is C23H28BrNO4. The van der Waals surface area contributed by atoms with Crippen molar-refractivity contribution >= 4 is 22.1 Å². The lowest BCUT2D eigenvalue weighted by molar-refractivity contribution is 0.215. The van der Waals surface area contributed by atoms with E-state index in [0.29, 0.717) is 19.8 Å². The summed E-state index contributed by atoms with van der Waals surface area (Å²) in [6.45, 7) is 7.76. The van der Waals surface area contributed by atoms with Crippen LogP contribution < -0.4 is 14.2 Å². The van der Waals surface area contributed by atoms with Gasteiger partial charge in [0, 0.05) is 6.42 Å². The van der Waals surface area contributed by atoms with Gasteiger partial charge in [0.15, 0.2) is 0 Å². The number of benzene rings is 2. The largest absolute Gasteiger partial charge is 0.493 e. The average molecular weight is 462 g/mol. The summed E-state index contributed by atoms with van der Waals surface area (Å²) in [4.78, 5) is 4.69. The molecule has 2 rings (SSSR count). The fourth-order valence-corrected chi connectivity index (χ4v) is 3.22. The summed E-state index contributed by atoms with van der Waals surface area (Å²) in [5, 5.41) is 3.75. The van der Waals surface area contributed by atoms with Gasteiger partial charge < -0.3 is 19.0 Å². The normalized spacial score (nSPS) is 11.2. The van der Waals surface area contributed by atoms with Gasteiger partial charge in [0.2, 0.25) is 0 Å². The number of nitrogens with zero attached hydrogens (tertiary/aromatic N) is 1. The van der Waals surface area contributed by atoms with E-state index in [9.17, 15) is 0 Å². The van der Waals surface area contributed by atoms with Crippen molar-refractivity contribution in [3.8, 4) is 17.2 Å².